The highest BCUT2D eigenvalue weighted by molar-refractivity contribution is 8.01. The molecule has 1 atom stereocenters. The van der Waals surface area contributed by atoms with Gasteiger partial charge in [-0.2, -0.15) is 0 Å². The van der Waals surface area contributed by atoms with Gasteiger partial charge in [0.15, 0.2) is 0 Å². The topological polar surface area (TPSA) is 75.3 Å². The molecule has 0 saturated carbocycles. The van der Waals surface area contributed by atoms with Crippen molar-refractivity contribution in [1.82, 2.24) is 4.72 Å². The number of hydrogen-bond donors (Lipinski definition) is 2. The number of rotatable bonds is 3. The lowest BCUT2D eigenvalue weighted by Gasteiger charge is -2.21. The molecule has 0 saturated heterocycles. The van der Waals surface area contributed by atoms with Crippen LogP contribution in [0.1, 0.15) is 12.5 Å². The van der Waals surface area contributed by atoms with Crippen LogP contribution < -0.4 is 10.0 Å². The summed E-state index contributed by atoms with van der Waals surface area (Å²) in [7, 11) is -3.21. The molecule has 0 aromatic heterocycles. The normalized spacial score (nSPS) is 19.2. The molecule has 0 radical (unpaired) electrons. The number of thioether (sulfide) groups is 1. The quantitative estimate of drug-likeness (QED) is 0.874. The van der Waals surface area contributed by atoms with E-state index in [9.17, 15) is 13.2 Å². The second-order valence-electron chi connectivity index (χ2n) is 4.17. The highest BCUT2D eigenvalue weighted by atomic mass is 32.2. The number of amides is 1. The van der Waals surface area contributed by atoms with Crippen LogP contribution in [0.2, 0.25) is 0 Å². The molecule has 0 aliphatic carbocycles. The lowest BCUT2D eigenvalue weighted by atomic mass is 10.2. The Bertz CT molecular complexity index is 584. The third-order valence-corrected chi connectivity index (χ3v) is 4.36. The Labute approximate surface area is 110 Å². The lowest BCUT2D eigenvalue weighted by Crippen LogP contribution is -2.26. The molecule has 1 aromatic rings. The van der Waals surface area contributed by atoms with Crippen LogP contribution in [0.3, 0.4) is 0 Å². The van der Waals surface area contributed by atoms with E-state index < -0.39 is 10.0 Å². The van der Waals surface area contributed by atoms with Gasteiger partial charge in [-0.3, -0.25) is 4.79 Å². The number of benzene rings is 1. The summed E-state index contributed by atoms with van der Waals surface area (Å²) in [5.41, 5.74) is 1.56. The van der Waals surface area contributed by atoms with Gasteiger partial charge in [0.1, 0.15) is 0 Å². The van der Waals surface area contributed by atoms with E-state index >= 15 is 0 Å². The largest absolute Gasteiger partial charge is 0.324 e. The third kappa shape index (κ3) is 3.24. The van der Waals surface area contributed by atoms with Gasteiger partial charge in [-0.25, -0.2) is 13.1 Å². The highest BCUT2D eigenvalue weighted by Gasteiger charge is 2.22. The van der Waals surface area contributed by atoms with Crippen molar-refractivity contribution in [2.45, 2.75) is 23.6 Å². The van der Waals surface area contributed by atoms with Gasteiger partial charge in [0.2, 0.25) is 15.9 Å². The summed E-state index contributed by atoms with van der Waals surface area (Å²) in [6.45, 7) is 2.07. The van der Waals surface area contributed by atoms with E-state index in [2.05, 4.69) is 10.0 Å². The van der Waals surface area contributed by atoms with Crippen molar-refractivity contribution in [3.05, 3.63) is 23.8 Å². The number of sulfonamides is 1. The summed E-state index contributed by atoms with van der Waals surface area (Å²) in [5.74, 6) is -0.0271. The molecule has 1 amide bonds. The summed E-state index contributed by atoms with van der Waals surface area (Å²) >= 11 is 1.50. The summed E-state index contributed by atoms with van der Waals surface area (Å²) in [4.78, 5) is 12.5. The van der Waals surface area contributed by atoms with E-state index in [4.69, 9.17) is 0 Å². The molecule has 0 bridgehead atoms. The predicted octanol–water partition coefficient (Wildman–Crippen LogP) is 1.17. The maximum absolute atomic E-state index is 11.5. The highest BCUT2D eigenvalue weighted by Crippen LogP contribution is 2.35. The Morgan fingerprint density at radius 3 is 2.83 bits per heavy atom. The van der Waals surface area contributed by atoms with Gasteiger partial charge < -0.3 is 5.32 Å². The van der Waals surface area contributed by atoms with Crippen LogP contribution in [0.15, 0.2) is 23.1 Å². The number of carbonyl (C=O) groups is 1. The maximum atomic E-state index is 11.5. The first kappa shape index (κ1) is 13.4. The van der Waals surface area contributed by atoms with Crippen molar-refractivity contribution in [3.63, 3.8) is 0 Å². The fourth-order valence-corrected chi connectivity index (χ4v) is 2.94. The molecule has 2 rings (SSSR count). The molecule has 1 unspecified atom stereocenters. The number of nitrogens with one attached hydrogen (secondary N) is 2. The summed E-state index contributed by atoms with van der Waals surface area (Å²) in [6, 6.07) is 5.55. The van der Waals surface area contributed by atoms with Crippen LogP contribution in [0.5, 0.6) is 0 Å². The summed E-state index contributed by atoms with van der Waals surface area (Å²) < 4.78 is 24.4. The van der Waals surface area contributed by atoms with Gasteiger partial charge in [0.05, 0.1) is 17.2 Å². The van der Waals surface area contributed by atoms with Crippen LogP contribution in [0.25, 0.3) is 0 Å². The van der Waals surface area contributed by atoms with Crippen LogP contribution in [0, 0.1) is 0 Å². The maximum Gasteiger partial charge on any atom is 0.237 e. The average Bonchev–Trinajstić information content (AvgIpc) is 2.27. The van der Waals surface area contributed by atoms with Crippen molar-refractivity contribution in [1.29, 1.82) is 0 Å². The minimum absolute atomic E-state index is 0.0271. The van der Waals surface area contributed by atoms with Gasteiger partial charge in [-0.15, -0.1) is 11.8 Å². The van der Waals surface area contributed by atoms with Gasteiger partial charge in [-0.05, 0) is 24.6 Å². The second kappa shape index (κ2) is 4.91. The van der Waals surface area contributed by atoms with E-state index in [1.165, 1.54) is 11.8 Å². The Kier molecular flexibility index (Phi) is 3.65. The van der Waals surface area contributed by atoms with E-state index in [1.54, 1.807) is 6.07 Å². The first-order chi connectivity index (χ1) is 8.35. The van der Waals surface area contributed by atoms with Gasteiger partial charge in [0.25, 0.3) is 0 Å². The third-order valence-electron chi connectivity index (χ3n) is 2.51. The molecule has 1 aromatic carbocycles. The SMILES string of the molecule is CC1Sc2ccc(CNS(C)(=O)=O)cc2NC1=O. The minimum Gasteiger partial charge on any atom is -0.324 e. The Hall–Kier alpha value is -1.05. The average molecular weight is 286 g/mol. The van der Waals surface area contributed by atoms with Crippen molar-refractivity contribution in [3.8, 4) is 0 Å². The molecule has 1 heterocycles. The molecule has 98 valence electrons. The van der Waals surface area contributed by atoms with Crippen molar-refractivity contribution < 1.29 is 13.2 Å². The van der Waals surface area contributed by atoms with Gasteiger partial charge in [0, 0.05) is 11.4 Å². The minimum atomic E-state index is -3.21. The molecule has 18 heavy (non-hydrogen) atoms. The first-order valence-corrected chi connectivity index (χ1v) is 8.17. The molecular weight excluding hydrogens is 272 g/mol. The molecular formula is C11H14N2O3S2. The number of carbonyl (C=O) groups excluding carboxylic acids is 1. The number of hydrogen-bond acceptors (Lipinski definition) is 4. The molecule has 1 aliphatic heterocycles. The molecule has 1 aliphatic rings. The van der Waals surface area contributed by atoms with Crippen LogP contribution in [-0.4, -0.2) is 25.8 Å². The Balaban J connectivity index is 2.17. The van der Waals surface area contributed by atoms with Crippen LogP contribution in [-0.2, 0) is 21.4 Å². The second-order valence-corrected chi connectivity index (χ2v) is 7.39. The van der Waals surface area contributed by atoms with E-state index in [0.29, 0.717) is 0 Å². The standard InChI is InChI=1S/C11H14N2O3S2/c1-7-11(14)13-9-5-8(3-4-10(9)17-7)6-12-18(2,15)16/h3-5,7,12H,6H2,1-2H3,(H,13,14). The first-order valence-electron chi connectivity index (χ1n) is 5.40. The fourth-order valence-electron chi connectivity index (χ4n) is 1.58. The van der Waals surface area contributed by atoms with Crippen LogP contribution in [0.4, 0.5) is 5.69 Å². The van der Waals surface area contributed by atoms with E-state index in [0.717, 1.165) is 22.4 Å². The van der Waals surface area contributed by atoms with E-state index in [-0.39, 0.29) is 17.7 Å². The molecule has 5 nitrogen and oxygen atoms in total. The van der Waals surface area contributed by atoms with Gasteiger partial charge >= 0.3 is 0 Å². The monoisotopic (exact) mass is 286 g/mol. The number of fused-ring (bicyclic) bond motifs is 1. The zero-order chi connectivity index (χ0) is 13.3. The van der Waals surface area contributed by atoms with Gasteiger partial charge in [-0.1, -0.05) is 6.07 Å². The predicted molar refractivity (Wildman–Crippen MR) is 72.1 cm³/mol. The fraction of sp³-hybridized carbons (Fsp3) is 0.364. The van der Waals surface area contributed by atoms with Crippen LogP contribution >= 0.6 is 11.8 Å². The summed E-state index contributed by atoms with van der Waals surface area (Å²) in [5, 5.41) is 2.71. The zero-order valence-electron chi connectivity index (χ0n) is 10.1. The van der Waals surface area contributed by atoms with Crippen molar-refractivity contribution in [2.24, 2.45) is 0 Å². The van der Waals surface area contributed by atoms with E-state index in [1.807, 2.05) is 19.1 Å². The number of anilines is 1. The molecule has 0 fully saturated rings. The summed E-state index contributed by atoms with van der Waals surface area (Å²) in [6.07, 6.45) is 1.12. The lowest BCUT2D eigenvalue weighted by molar-refractivity contribution is -0.115. The molecule has 7 heteroatoms. The van der Waals surface area contributed by atoms with Crippen molar-refractivity contribution >= 4 is 33.4 Å². The molecule has 2 N–H and O–H groups in total. The zero-order valence-corrected chi connectivity index (χ0v) is 11.7. The Morgan fingerprint density at radius 2 is 2.17 bits per heavy atom. The Morgan fingerprint density at radius 1 is 1.44 bits per heavy atom. The van der Waals surface area contributed by atoms with Crippen molar-refractivity contribution in [2.75, 3.05) is 11.6 Å². The smallest absolute Gasteiger partial charge is 0.237 e. The molecule has 0 spiro atoms.